The summed E-state index contributed by atoms with van der Waals surface area (Å²) >= 11 is 0. The van der Waals surface area contributed by atoms with Crippen molar-refractivity contribution in [2.45, 2.75) is 39.4 Å². The maximum absolute atomic E-state index is 12.9. The number of halogens is 1. The molecule has 0 bridgehead atoms. The van der Waals surface area contributed by atoms with Crippen molar-refractivity contribution in [3.8, 4) is 5.75 Å². The van der Waals surface area contributed by atoms with E-state index in [1.807, 2.05) is 45.0 Å². The number of para-hydroxylation sites is 1. The standard InChI is InChI=1S/C20H25FN2O2/c1-20(2,3)23-19(24)14-25-18-7-5-4-6-16(18)13-22-12-15-8-10-17(21)11-9-15/h4-11,22H,12-14H2,1-3H3,(H,23,24). The van der Waals surface area contributed by atoms with Crippen molar-refractivity contribution < 1.29 is 13.9 Å². The normalized spacial score (nSPS) is 11.2. The van der Waals surface area contributed by atoms with Crippen LogP contribution < -0.4 is 15.4 Å². The molecule has 134 valence electrons. The molecule has 0 fully saturated rings. The molecule has 0 aromatic heterocycles. The fourth-order valence-corrected chi connectivity index (χ4v) is 2.33. The number of rotatable bonds is 7. The molecule has 0 unspecified atom stereocenters. The van der Waals surface area contributed by atoms with Crippen molar-refractivity contribution >= 4 is 5.91 Å². The zero-order chi connectivity index (χ0) is 18.3. The average molecular weight is 344 g/mol. The topological polar surface area (TPSA) is 50.4 Å². The largest absolute Gasteiger partial charge is 0.483 e. The van der Waals surface area contributed by atoms with E-state index in [1.54, 1.807) is 12.1 Å². The fraction of sp³-hybridized carbons (Fsp3) is 0.350. The number of nitrogens with one attached hydrogen (secondary N) is 2. The van der Waals surface area contributed by atoms with Gasteiger partial charge in [-0.15, -0.1) is 0 Å². The molecule has 2 aromatic rings. The van der Waals surface area contributed by atoms with Gasteiger partial charge in [-0.1, -0.05) is 30.3 Å². The third-order valence-electron chi connectivity index (χ3n) is 3.40. The molecular formula is C20H25FN2O2. The molecule has 25 heavy (non-hydrogen) atoms. The van der Waals surface area contributed by atoms with Gasteiger partial charge in [-0.25, -0.2) is 4.39 Å². The number of amides is 1. The Morgan fingerprint density at radius 1 is 1.04 bits per heavy atom. The summed E-state index contributed by atoms with van der Waals surface area (Å²) in [7, 11) is 0. The Kier molecular flexibility index (Phi) is 6.53. The summed E-state index contributed by atoms with van der Waals surface area (Å²) in [6, 6.07) is 14.0. The van der Waals surface area contributed by atoms with E-state index in [9.17, 15) is 9.18 Å². The van der Waals surface area contributed by atoms with Crippen LogP contribution in [0.25, 0.3) is 0 Å². The first kappa shape index (κ1) is 18.9. The first-order chi connectivity index (χ1) is 11.8. The highest BCUT2D eigenvalue weighted by atomic mass is 19.1. The lowest BCUT2D eigenvalue weighted by atomic mass is 10.1. The molecule has 1 amide bonds. The molecule has 0 saturated carbocycles. The molecular weight excluding hydrogens is 319 g/mol. The van der Waals surface area contributed by atoms with Crippen LogP contribution in [-0.2, 0) is 17.9 Å². The van der Waals surface area contributed by atoms with Crippen LogP contribution >= 0.6 is 0 Å². The predicted molar refractivity (Wildman–Crippen MR) is 96.8 cm³/mol. The predicted octanol–water partition coefficient (Wildman–Crippen LogP) is 3.41. The Labute approximate surface area is 148 Å². The van der Waals surface area contributed by atoms with Crippen molar-refractivity contribution in [2.75, 3.05) is 6.61 Å². The number of carbonyl (C=O) groups is 1. The van der Waals surface area contributed by atoms with Crippen molar-refractivity contribution in [2.24, 2.45) is 0 Å². The monoisotopic (exact) mass is 344 g/mol. The maximum atomic E-state index is 12.9. The summed E-state index contributed by atoms with van der Waals surface area (Å²) in [5, 5.41) is 6.17. The minimum absolute atomic E-state index is 0.0216. The quantitative estimate of drug-likeness (QED) is 0.809. The van der Waals surface area contributed by atoms with Crippen LogP contribution in [0.3, 0.4) is 0 Å². The molecule has 2 rings (SSSR count). The second kappa shape index (κ2) is 8.62. The van der Waals surface area contributed by atoms with Gasteiger partial charge in [-0.05, 0) is 44.5 Å². The Morgan fingerprint density at radius 2 is 1.72 bits per heavy atom. The second-order valence-electron chi connectivity index (χ2n) is 6.92. The van der Waals surface area contributed by atoms with Gasteiger partial charge in [0.15, 0.2) is 6.61 Å². The van der Waals surface area contributed by atoms with Crippen LogP contribution in [0.5, 0.6) is 5.75 Å². The van der Waals surface area contributed by atoms with Gasteiger partial charge in [0, 0.05) is 24.2 Å². The van der Waals surface area contributed by atoms with Crippen molar-refractivity contribution in [3.63, 3.8) is 0 Å². The summed E-state index contributed by atoms with van der Waals surface area (Å²) in [5.41, 5.74) is 1.69. The number of hydrogen-bond donors (Lipinski definition) is 2. The lowest BCUT2D eigenvalue weighted by Gasteiger charge is -2.20. The van der Waals surface area contributed by atoms with Crippen LogP contribution in [-0.4, -0.2) is 18.1 Å². The molecule has 0 spiro atoms. The molecule has 4 nitrogen and oxygen atoms in total. The molecule has 2 aromatic carbocycles. The molecule has 0 radical (unpaired) electrons. The lowest BCUT2D eigenvalue weighted by molar-refractivity contribution is -0.124. The second-order valence-corrected chi connectivity index (χ2v) is 6.92. The van der Waals surface area contributed by atoms with Gasteiger partial charge in [0.1, 0.15) is 11.6 Å². The van der Waals surface area contributed by atoms with Crippen LogP contribution in [0.4, 0.5) is 4.39 Å². The van der Waals surface area contributed by atoms with E-state index < -0.39 is 0 Å². The molecule has 0 aliphatic heterocycles. The Hall–Kier alpha value is -2.40. The Morgan fingerprint density at radius 3 is 2.40 bits per heavy atom. The fourth-order valence-electron chi connectivity index (χ4n) is 2.33. The van der Waals surface area contributed by atoms with Crippen molar-refractivity contribution in [1.29, 1.82) is 0 Å². The van der Waals surface area contributed by atoms with Crippen LogP contribution in [0.2, 0.25) is 0 Å². The third-order valence-corrected chi connectivity index (χ3v) is 3.40. The highest BCUT2D eigenvalue weighted by Crippen LogP contribution is 2.18. The van der Waals surface area contributed by atoms with E-state index in [-0.39, 0.29) is 23.9 Å². The molecule has 0 saturated heterocycles. The summed E-state index contributed by atoms with van der Waals surface area (Å²) in [5.74, 6) is 0.288. The van der Waals surface area contributed by atoms with E-state index in [2.05, 4.69) is 10.6 Å². The van der Waals surface area contributed by atoms with Gasteiger partial charge in [-0.2, -0.15) is 0 Å². The highest BCUT2D eigenvalue weighted by Gasteiger charge is 2.14. The SMILES string of the molecule is CC(C)(C)NC(=O)COc1ccccc1CNCc1ccc(F)cc1. The molecule has 0 aliphatic rings. The van der Waals surface area contributed by atoms with Gasteiger partial charge >= 0.3 is 0 Å². The van der Waals surface area contributed by atoms with E-state index in [0.717, 1.165) is 11.1 Å². The van der Waals surface area contributed by atoms with Gasteiger partial charge < -0.3 is 15.4 Å². The Balaban J connectivity index is 1.87. The highest BCUT2D eigenvalue weighted by molar-refractivity contribution is 5.78. The van der Waals surface area contributed by atoms with Gasteiger partial charge in [0.05, 0.1) is 0 Å². The van der Waals surface area contributed by atoms with Crippen molar-refractivity contribution in [3.05, 3.63) is 65.5 Å². The van der Waals surface area contributed by atoms with E-state index >= 15 is 0 Å². The molecule has 2 N–H and O–H groups in total. The maximum Gasteiger partial charge on any atom is 0.258 e. The van der Waals surface area contributed by atoms with E-state index in [1.165, 1.54) is 12.1 Å². The minimum atomic E-state index is -0.281. The zero-order valence-corrected chi connectivity index (χ0v) is 14.9. The van der Waals surface area contributed by atoms with Gasteiger partial charge in [0.2, 0.25) is 0 Å². The number of hydrogen-bond acceptors (Lipinski definition) is 3. The van der Waals surface area contributed by atoms with Gasteiger partial charge in [-0.3, -0.25) is 4.79 Å². The van der Waals surface area contributed by atoms with Crippen molar-refractivity contribution in [1.82, 2.24) is 10.6 Å². The lowest BCUT2D eigenvalue weighted by Crippen LogP contribution is -2.43. The molecule has 0 heterocycles. The summed E-state index contributed by atoms with van der Waals surface area (Å²) < 4.78 is 18.6. The minimum Gasteiger partial charge on any atom is -0.483 e. The number of carbonyl (C=O) groups excluding carboxylic acids is 1. The van der Waals surface area contributed by atoms with Crippen LogP contribution in [0, 0.1) is 5.82 Å². The number of ether oxygens (including phenoxy) is 1. The first-order valence-corrected chi connectivity index (χ1v) is 8.30. The summed E-state index contributed by atoms with van der Waals surface area (Å²) in [4.78, 5) is 11.9. The van der Waals surface area contributed by atoms with E-state index in [4.69, 9.17) is 4.74 Å². The third kappa shape index (κ3) is 6.93. The zero-order valence-electron chi connectivity index (χ0n) is 14.9. The smallest absolute Gasteiger partial charge is 0.258 e. The summed E-state index contributed by atoms with van der Waals surface area (Å²) in [6.07, 6.45) is 0. The van der Waals surface area contributed by atoms with Crippen LogP contribution in [0.15, 0.2) is 48.5 Å². The van der Waals surface area contributed by atoms with Crippen LogP contribution in [0.1, 0.15) is 31.9 Å². The number of benzene rings is 2. The Bertz CT molecular complexity index is 694. The molecule has 5 heteroatoms. The molecule has 0 aliphatic carbocycles. The van der Waals surface area contributed by atoms with E-state index in [0.29, 0.717) is 18.8 Å². The average Bonchev–Trinajstić information content (AvgIpc) is 2.54. The first-order valence-electron chi connectivity index (χ1n) is 8.30. The summed E-state index contributed by atoms with van der Waals surface area (Å²) in [6.45, 7) is 6.98. The van der Waals surface area contributed by atoms with Gasteiger partial charge in [0.25, 0.3) is 5.91 Å². The molecule has 0 atom stereocenters.